The van der Waals surface area contributed by atoms with E-state index in [0.717, 1.165) is 0 Å². The Balaban J connectivity index is 0.000000351. The van der Waals surface area contributed by atoms with Gasteiger partial charge in [0.05, 0.1) is 0 Å². The van der Waals surface area contributed by atoms with Crippen LogP contribution in [0, 0.1) is 32.5 Å². The van der Waals surface area contributed by atoms with Gasteiger partial charge >= 0.3 is 0 Å². The van der Waals surface area contributed by atoms with Crippen LogP contribution in [-0.2, 0) is 0 Å². The average molecular weight is 493 g/mol. The Bertz CT molecular complexity index is 636. The van der Waals surface area contributed by atoms with Crippen LogP contribution in [0.25, 0.3) is 0 Å². The summed E-state index contributed by atoms with van der Waals surface area (Å²) < 4.78 is 0. The van der Waals surface area contributed by atoms with Gasteiger partial charge in [-0.05, 0) is 113 Å². The zero-order valence-corrected chi connectivity index (χ0v) is 27.8. The molecule has 0 aromatic carbocycles. The van der Waals surface area contributed by atoms with Gasteiger partial charge < -0.3 is 0 Å². The molecule has 2 heterocycles. The van der Waals surface area contributed by atoms with Crippen molar-refractivity contribution >= 4 is 0 Å². The summed E-state index contributed by atoms with van der Waals surface area (Å²) in [6, 6.07) is 0. The predicted molar refractivity (Wildman–Crippen MR) is 159 cm³/mol. The molecule has 0 aromatic rings. The van der Waals surface area contributed by atoms with Crippen molar-refractivity contribution in [3.8, 4) is 0 Å². The largest absolute Gasteiger partial charge is 0.298 e. The fraction of sp³-hybridized carbons (Fsp3) is 1.00. The zero-order chi connectivity index (χ0) is 28.1. The Labute approximate surface area is 223 Å². The second-order valence-corrected chi connectivity index (χ2v) is 18.2. The van der Waals surface area contributed by atoms with Gasteiger partial charge in [-0.15, -0.1) is 0 Å². The summed E-state index contributed by atoms with van der Waals surface area (Å²) in [7, 11) is 0. The molecule has 0 atom stereocenters. The Morgan fingerprint density at radius 3 is 0.829 bits per heavy atom. The summed E-state index contributed by atoms with van der Waals surface area (Å²) in [5.41, 5.74) is 3.01. The van der Waals surface area contributed by atoms with Crippen molar-refractivity contribution in [1.82, 2.24) is 9.80 Å². The highest BCUT2D eigenvalue weighted by Gasteiger charge is 2.55. The van der Waals surface area contributed by atoms with Gasteiger partial charge in [-0.1, -0.05) is 83.1 Å². The van der Waals surface area contributed by atoms with Crippen molar-refractivity contribution in [3.63, 3.8) is 0 Å². The molecular formula is C33H68N2. The minimum Gasteiger partial charge on any atom is -0.298 e. The molecule has 0 amide bonds. The lowest BCUT2D eigenvalue weighted by atomic mass is 9.50. The second-order valence-electron chi connectivity index (χ2n) is 18.2. The lowest BCUT2D eigenvalue weighted by Crippen LogP contribution is -2.56. The molecule has 35 heavy (non-hydrogen) atoms. The van der Waals surface area contributed by atoms with E-state index in [2.05, 4.69) is 134 Å². The van der Waals surface area contributed by atoms with E-state index in [-0.39, 0.29) is 0 Å². The van der Waals surface area contributed by atoms with Crippen LogP contribution in [0.5, 0.6) is 0 Å². The topological polar surface area (TPSA) is 6.48 Å². The molecule has 2 heteroatoms. The van der Waals surface area contributed by atoms with Gasteiger partial charge in [0, 0.05) is 17.6 Å². The highest BCUT2D eigenvalue weighted by atomic mass is 15.2. The van der Waals surface area contributed by atoms with Crippen LogP contribution >= 0.6 is 0 Å². The van der Waals surface area contributed by atoms with Crippen LogP contribution in [-0.4, -0.2) is 47.1 Å². The van der Waals surface area contributed by atoms with Gasteiger partial charge in [0.1, 0.15) is 0 Å². The van der Waals surface area contributed by atoms with E-state index in [0.29, 0.717) is 43.6 Å². The smallest absolute Gasteiger partial charge is 0.0125 e. The van der Waals surface area contributed by atoms with Crippen molar-refractivity contribution in [2.75, 3.05) is 26.2 Å². The molecule has 2 nitrogen and oxygen atoms in total. The molecule has 0 aromatic heterocycles. The first kappa shape index (κ1) is 32.9. The summed E-state index contributed by atoms with van der Waals surface area (Å²) in [5.74, 6) is 0. The first-order chi connectivity index (χ1) is 15.1. The highest BCUT2D eigenvalue weighted by Crippen LogP contribution is 2.59. The van der Waals surface area contributed by atoms with Crippen molar-refractivity contribution in [2.24, 2.45) is 32.5 Å². The molecule has 0 unspecified atom stereocenters. The Morgan fingerprint density at radius 1 is 0.371 bits per heavy atom. The molecule has 0 spiro atoms. The Kier molecular flexibility index (Phi) is 9.32. The lowest BCUT2D eigenvalue weighted by molar-refractivity contribution is -0.0947. The average Bonchev–Trinajstić information content (AvgIpc) is 3.07. The number of likely N-dealkylation sites (tertiary alicyclic amines) is 2. The minimum absolute atomic E-state index is 0.304. The number of nitrogens with zero attached hydrogens (tertiary/aromatic N) is 2. The molecule has 0 radical (unpaired) electrons. The quantitative estimate of drug-likeness (QED) is 0.332. The second kappa shape index (κ2) is 9.91. The third kappa shape index (κ3) is 6.87. The number of hydrogen-bond acceptors (Lipinski definition) is 2. The first-order valence-corrected chi connectivity index (χ1v) is 14.6. The monoisotopic (exact) mass is 493 g/mol. The molecule has 2 saturated heterocycles. The van der Waals surface area contributed by atoms with Gasteiger partial charge in [0.2, 0.25) is 0 Å². The maximum atomic E-state index is 2.67. The molecule has 2 rings (SSSR count). The number of rotatable bonds is 0. The van der Waals surface area contributed by atoms with Crippen LogP contribution in [0.1, 0.15) is 144 Å². The fourth-order valence-corrected chi connectivity index (χ4v) is 7.92. The summed E-state index contributed by atoms with van der Waals surface area (Å²) in [4.78, 5) is 5.33. The SMILES string of the molecule is CC(C)(C)N1CCC(C(C)(C)C)(C(C)(C)C)C1.CC(C)(C)N1CCC(C(C)(C)C)(C(C)(C)C)CC1. The molecule has 210 valence electrons. The molecular weight excluding hydrogens is 424 g/mol. The molecule has 2 aliphatic heterocycles. The molecule has 2 fully saturated rings. The van der Waals surface area contributed by atoms with Crippen LogP contribution in [0.4, 0.5) is 0 Å². The zero-order valence-electron chi connectivity index (χ0n) is 27.8. The Morgan fingerprint density at radius 2 is 0.629 bits per heavy atom. The third-order valence-corrected chi connectivity index (χ3v) is 10.5. The summed E-state index contributed by atoms with van der Waals surface area (Å²) >= 11 is 0. The van der Waals surface area contributed by atoms with Gasteiger partial charge in [-0.2, -0.15) is 0 Å². The van der Waals surface area contributed by atoms with E-state index < -0.39 is 0 Å². The van der Waals surface area contributed by atoms with E-state index in [1.54, 1.807) is 0 Å². The first-order valence-electron chi connectivity index (χ1n) is 14.6. The Hall–Kier alpha value is -0.0800. The van der Waals surface area contributed by atoms with Gasteiger partial charge in [0.25, 0.3) is 0 Å². The molecule has 0 N–H and O–H groups in total. The molecule has 0 bridgehead atoms. The minimum atomic E-state index is 0.304. The van der Waals surface area contributed by atoms with Crippen LogP contribution in [0.3, 0.4) is 0 Å². The highest BCUT2D eigenvalue weighted by molar-refractivity contribution is 5.06. The van der Waals surface area contributed by atoms with E-state index in [9.17, 15) is 0 Å². The fourth-order valence-electron chi connectivity index (χ4n) is 7.92. The summed E-state index contributed by atoms with van der Waals surface area (Å²) in [6.07, 6.45) is 3.99. The predicted octanol–water partition coefficient (Wildman–Crippen LogP) is 9.53. The van der Waals surface area contributed by atoms with Crippen molar-refractivity contribution in [3.05, 3.63) is 0 Å². The van der Waals surface area contributed by atoms with Crippen LogP contribution in [0.2, 0.25) is 0 Å². The summed E-state index contributed by atoms with van der Waals surface area (Å²) in [6.45, 7) is 48.2. The van der Waals surface area contributed by atoms with Crippen molar-refractivity contribution in [1.29, 1.82) is 0 Å². The lowest BCUT2D eigenvalue weighted by Gasteiger charge is -2.59. The summed E-state index contributed by atoms with van der Waals surface area (Å²) in [5, 5.41) is 0. The maximum absolute atomic E-state index is 2.67. The van der Waals surface area contributed by atoms with E-state index in [4.69, 9.17) is 0 Å². The number of hydrogen-bond donors (Lipinski definition) is 0. The van der Waals surface area contributed by atoms with Crippen molar-refractivity contribution in [2.45, 2.75) is 155 Å². The van der Waals surface area contributed by atoms with Gasteiger partial charge in [0.15, 0.2) is 0 Å². The van der Waals surface area contributed by atoms with Gasteiger partial charge in [-0.25, -0.2) is 0 Å². The van der Waals surface area contributed by atoms with E-state index in [1.807, 2.05) is 0 Å². The van der Waals surface area contributed by atoms with Crippen molar-refractivity contribution < 1.29 is 0 Å². The third-order valence-electron chi connectivity index (χ3n) is 10.5. The standard InChI is InChI=1S/C17H35N.C16H33N/c1-14(2,3)17(15(4,5)6)10-12-18(13-11-17)16(7,8)9;1-13(2,3)16(14(4,5)6)10-11-17(12-16)15(7,8)9/h10-13H2,1-9H3;10-12H2,1-9H3. The van der Waals surface area contributed by atoms with Crippen LogP contribution < -0.4 is 0 Å². The van der Waals surface area contributed by atoms with E-state index in [1.165, 1.54) is 45.4 Å². The molecule has 2 aliphatic rings. The van der Waals surface area contributed by atoms with Gasteiger partial charge in [-0.3, -0.25) is 9.80 Å². The maximum Gasteiger partial charge on any atom is 0.0125 e. The normalized spacial score (nSPS) is 23.1. The van der Waals surface area contributed by atoms with Crippen LogP contribution in [0.15, 0.2) is 0 Å². The van der Waals surface area contributed by atoms with E-state index >= 15 is 0 Å². The molecule has 0 saturated carbocycles. The number of piperidine rings is 1. The molecule has 0 aliphatic carbocycles.